The summed E-state index contributed by atoms with van der Waals surface area (Å²) in [4.78, 5) is 2.04. The highest BCUT2D eigenvalue weighted by atomic mass is 35.5. The number of hydrogen-bond donors (Lipinski definition) is 0. The first kappa shape index (κ1) is 10.3. The van der Waals surface area contributed by atoms with E-state index in [1.54, 1.807) is 0 Å². The minimum absolute atomic E-state index is 0.218. The first-order valence-electron chi connectivity index (χ1n) is 4.65. The van der Waals surface area contributed by atoms with Crippen molar-refractivity contribution in [2.75, 3.05) is 19.7 Å². The fraction of sp³-hybridized carbons (Fsp3) is 1.00. The van der Waals surface area contributed by atoms with Crippen LogP contribution in [0.25, 0.3) is 0 Å². The molecule has 1 rings (SSSR count). The van der Waals surface area contributed by atoms with Crippen LogP contribution in [0.5, 0.6) is 0 Å². The number of halogens is 1. The second kappa shape index (κ2) is 3.95. The molecule has 2 atom stereocenters. The fourth-order valence-corrected chi connectivity index (χ4v) is 2.02. The van der Waals surface area contributed by atoms with E-state index in [1.807, 2.05) is 0 Å². The van der Waals surface area contributed by atoms with Crippen LogP contribution in [-0.2, 0) is 4.74 Å². The molecule has 0 aromatic carbocycles. The van der Waals surface area contributed by atoms with E-state index in [0.717, 1.165) is 26.1 Å². The summed E-state index contributed by atoms with van der Waals surface area (Å²) in [7, 11) is 0. The van der Waals surface area contributed by atoms with E-state index < -0.39 is 0 Å². The number of alkyl halides is 1. The third-order valence-corrected chi connectivity index (χ3v) is 2.82. The van der Waals surface area contributed by atoms with Gasteiger partial charge in [-0.05, 0) is 20.0 Å². The van der Waals surface area contributed by atoms with E-state index in [4.69, 9.17) is 16.3 Å². The summed E-state index contributed by atoms with van der Waals surface area (Å²) < 4.78 is 5.17. The Morgan fingerprint density at radius 3 is 2.33 bits per heavy atom. The molecule has 2 nitrogen and oxygen atoms in total. The maximum Gasteiger partial charge on any atom is 0.0957 e. The van der Waals surface area contributed by atoms with Gasteiger partial charge in [0.05, 0.1) is 17.7 Å². The lowest BCUT2D eigenvalue weighted by atomic mass is 10.1. The molecule has 1 heterocycles. The van der Waals surface area contributed by atoms with Gasteiger partial charge in [0.2, 0.25) is 0 Å². The van der Waals surface area contributed by atoms with Gasteiger partial charge >= 0.3 is 0 Å². The fourth-order valence-electron chi connectivity index (χ4n) is 1.61. The third-order valence-electron chi connectivity index (χ3n) is 2.43. The number of ether oxygens (including phenoxy) is 1. The molecule has 1 aliphatic heterocycles. The Labute approximate surface area is 79.8 Å². The van der Waals surface area contributed by atoms with Crippen molar-refractivity contribution in [2.45, 2.75) is 38.3 Å². The molecule has 0 aromatic rings. The molecule has 1 aliphatic rings. The van der Waals surface area contributed by atoms with Crippen molar-refractivity contribution >= 4 is 11.6 Å². The Balaban J connectivity index is 2.41. The minimum Gasteiger partial charge on any atom is -0.373 e. The Morgan fingerprint density at radius 1 is 1.50 bits per heavy atom. The Bertz CT molecular complexity index is 141. The second-order valence-corrected chi connectivity index (χ2v) is 4.29. The van der Waals surface area contributed by atoms with Gasteiger partial charge in [0.25, 0.3) is 0 Å². The third kappa shape index (κ3) is 2.61. The van der Waals surface area contributed by atoms with Crippen LogP contribution >= 0.6 is 11.6 Å². The van der Waals surface area contributed by atoms with Crippen LogP contribution in [0.2, 0.25) is 0 Å². The second-order valence-electron chi connectivity index (χ2n) is 3.47. The lowest BCUT2D eigenvalue weighted by molar-refractivity contribution is 0.171. The summed E-state index contributed by atoms with van der Waals surface area (Å²) in [6.07, 6.45) is 1.35. The van der Waals surface area contributed by atoms with E-state index in [9.17, 15) is 0 Å². The molecule has 2 unspecified atom stereocenters. The van der Waals surface area contributed by atoms with Crippen LogP contribution in [-0.4, -0.2) is 35.7 Å². The van der Waals surface area contributed by atoms with E-state index >= 15 is 0 Å². The minimum atomic E-state index is -0.218. The molecule has 72 valence electrons. The molecular formula is C9H18ClNO. The molecule has 0 bridgehead atoms. The highest BCUT2D eigenvalue weighted by Crippen LogP contribution is 2.30. The lowest BCUT2D eigenvalue weighted by Gasteiger charge is -2.34. The standard InChI is InChI=1S/C9H18ClNO/c1-4-11(5-2)9(3,10)6-8-7-12-8/h8H,4-7H2,1-3H3. The van der Waals surface area contributed by atoms with Crippen LogP contribution in [0.3, 0.4) is 0 Å². The summed E-state index contributed by atoms with van der Waals surface area (Å²) in [6, 6.07) is 0. The molecule has 0 aliphatic carbocycles. The highest BCUT2D eigenvalue weighted by Gasteiger charge is 2.35. The van der Waals surface area contributed by atoms with Crippen LogP contribution < -0.4 is 0 Å². The van der Waals surface area contributed by atoms with Gasteiger partial charge in [-0.25, -0.2) is 0 Å². The van der Waals surface area contributed by atoms with Crippen LogP contribution in [0.1, 0.15) is 27.2 Å². The predicted molar refractivity (Wildman–Crippen MR) is 51.5 cm³/mol. The Hall–Kier alpha value is 0.210. The molecule has 0 saturated carbocycles. The maximum atomic E-state index is 6.38. The van der Waals surface area contributed by atoms with Gasteiger partial charge in [0, 0.05) is 6.42 Å². The molecule has 3 heteroatoms. The van der Waals surface area contributed by atoms with Crippen molar-refractivity contribution in [1.29, 1.82) is 0 Å². The zero-order chi connectivity index (χ0) is 9.19. The topological polar surface area (TPSA) is 15.8 Å². The van der Waals surface area contributed by atoms with Gasteiger partial charge in [0.15, 0.2) is 0 Å². The van der Waals surface area contributed by atoms with Crippen molar-refractivity contribution in [3.63, 3.8) is 0 Å². The smallest absolute Gasteiger partial charge is 0.0957 e. The molecule has 0 amide bonds. The zero-order valence-electron chi connectivity index (χ0n) is 8.14. The summed E-state index contributed by atoms with van der Waals surface area (Å²) in [5, 5.41) is 0. The Morgan fingerprint density at radius 2 is 2.00 bits per heavy atom. The van der Waals surface area contributed by atoms with E-state index in [-0.39, 0.29) is 5.00 Å². The number of nitrogens with zero attached hydrogens (tertiary/aromatic N) is 1. The van der Waals surface area contributed by atoms with Crippen molar-refractivity contribution in [3.05, 3.63) is 0 Å². The van der Waals surface area contributed by atoms with Gasteiger partial charge in [0.1, 0.15) is 0 Å². The van der Waals surface area contributed by atoms with Gasteiger partial charge in [-0.15, -0.1) is 11.6 Å². The maximum absolute atomic E-state index is 6.38. The molecule has 1 fully saturated rings. The SMILES string of the molecule is CCN(CC)C(C)(Cl)CC1CO1. The summed E-state index contributed by atoms with van der Waals surface area (Å²) in [5.74, 6) is 0. The van der Waals surface area contributed by atoms with Crippen LogP contribution in [0, 0.1) is 0 Å². The molecule has 0 N–H and O–H groups in total. The molecule has 1 saturated heterocycles. The van der Waals surface area contributed by atoms with E-state index in [1.165, 1.54) is 0 Å². The average Bonchev–Trinajstić information content (AvgIpc) is 2.72. The molecule has 0 spiro atoms. The number of hydrogen-bond acceptors (Lipinski definition) is 2. The predicted octanol–water partition coefficient (Wildman–Crippen LogP) is 2.07. The van der Waals surface area contributed by atoms with E-state index in [2.05, 4.69) is 25.7 Å². The van der Waals surface area contributed by atoms with E-state index in [0.29, 0.717) is 6.10 Å². The summed E-state index contributed by atoms with van der Waals surface area (Å²) in [6.45, 7) is 9.25. The van der Waals surface area contributed by atoms with Crippen molar-refractivity contribution < 1.29 is 4.74 Å². The number of rotatable bonds is 5. The van der Waals surface area contributed by atoms with Gasteiger partial charge < -0.3 is 4.74 Å². The van der Waals surface area contributed by atoms with Crippen LogP contribution in [0.15, 0.2) is 0 Å². The molecule has 0 aromatic heterocycles. The van der Waals surface area contributed by atoms with Crippen molar-refractivity contribution in [3.8, 4) is 0 Å². The Kier molecular flexibility index (Phi) is 3.38. The average molecular weight is 192 g/mol. The quantitative estimate of drug-likeness (QED) is 0.376. The summed E-state index contributed by atoms with van der Waals surface area (Å²) in [5.41, 5.74) is 0. The molecular weight excluding hydrogens is 174 g/mol. The normalized spacial score (nSPS) is 27.2. The zero-order valence-corrected chi connectivity index (χ0v) is 8.90. The number of epoxide rings is 1. The largest absolute Gasteiger partial charge is 0.373 e. The highest BCUT2D eigenvalue weighted by molar-refractivity contribution is 6.23. The molecule has 0 radical (unpaired) electrons. The first-order valence-corrected chi connectivity index (χ1v) is 5.03. The molecule has 12 heavy (non-hydrogen) atoms. The van der Waals surface area contributed by atoms with Crippen LogP contribution in [0.4, 0.5) is 0 Å². The van der Waals surface area contributed by atoms with Gasteiger partial charge in [-0.2, -0.15) is 0 Å². The van der Waals surface area contributed by atoms with Crippen molar-refractivity contribution in [2.24, 2.45) is 0 Å². The first-order chi connectivity index (χ1) is 5.60. The van der Waals surface area contributed by atoms with Gasteiger partial charge in [-0.1, -0.05) is 13.8 Å². The van der Waals surface area contributed by atoms with Crippen molar-refractivity contribution in [1.82, 2.24) is 4.90 Å². The van der Waals surface area contributed by atoms with Gasteiger partial charge in [-0.3, -0.25) is 4.90 Å². The monoisotopic (exact) mass is 191 g/mol. The summed E-state index contributed by atoms with van der Waals surface area (Å²) >= 11 is 6.38. The lowest BCUT2D eigenvalue weighted by Crippen LogP contribution is -2.42.